The van der Waals surface area contributed by atoms with Gasteiger partial charge in [0.2, 0.25) is 5.95 Å². The number of aromatic nitrogens is 4. The van der Waals surface area contributed by atoms with Crippen LogP contribution < -0.4 is 10.6 Å². The van der Waals surface area contributed by atoms with E-state index in [4.69, 9.17) is 14.0 Å². The number of halogens is 3. The molecule has 1 aromatic carbocycles. The predicted octanol–water partition coefficient (Wildman–Crippen LogP) is 8.56. The molecule has 2 atom stereocenters. The first-order valence-electron chi connectivity index (χ1n) is 16.2. The highest BCUT2D eigenvalue weighted by molar-refractivity contribution is 6.76. The lowest BCUT2D eigenvalue weighted by molar-refractivity contribution is -0.137. The van der Waals surface area contributed by atoms with Crippen molar-refractivity contribution in [2.24, 2.45) is 0 Å². The molecule has 0 bridgehead atoms. The molecule has 1 aliphatic carbocycles. The lowest BCUT2D eigenvalue weighted by Crippen LogP contribution is -2.45. The molecule has 1 aliphatic rings. The Hall–Kier alpha value is -3.91. The minimum absolute atomic E-state index is 0.0421. The maximum atomic E-state index is 14.5. The van der Waals surface area contributed by atoms with Crippen LogP contribution in [0.2, 0.25) is 25.7 Å². The number of nitrogens with zero attached hydrogens (tertiary/aromatic N) is 4. The number of hydrogen-bond donors (Lipinski definition) is 2. The summed E-state index contributed by atoms with van der Waals surface area (Å²) in [6.45, 7) is 16.5. The maximum Gasteiger partial charge on any atom is 0.419 e. The average molecular weight is 687 g/mol. The van der Waals surface area contributed by atoms with Crippen molar-refractivity contribution < 1.29 is 32.0 Å². The summed E-state index contributed by atoms with van der Waals surface area (Å²) in [6.07, 6.45) is -0.597. The highest BCUT2D eigenvalue weighted by atomic mass is 28.3. The van der Waals surface area contributed by atoms with Crippen LogP contribution in [0.3, 0.4) is 0 Å². The topological polar surface area (TPSA) is 116 Å². The van der Waals surface area contributed by atoms with Crippen molar-refractivity contribution in [2.75, 3.05) is 11.9 Å². The molecule has 3 heterocycles. The van der Waals surface area contributed by atoms with Gasteiger partial charge in [0, 0.05) is 49.6 Å². The minimum Gasteiger partial charge on any atom is -0.444 e. The molecule has 2 N–H and O–H groups in total. The zero-order valence-electron chi connectivity index (χ0n) is 28.8. The van der Waals surface area contributed by atoms with Gasteiger partial charge in [-0.25, -0.2) is 14.8 Å². The zero-order chi connectivity index (χ0) is 35.0. The van der Waals surface area contributed by atoms with Crippen molar-refractivity contribution in [1.29, 1.82) is 0 Å². The summed E-state index contributed by atoms with van der Waals surface area (Å²) in [5.74, 6) is 0.689. The van der Waals surface area contributed by atoms with Crippen LogP contribution in [0.4, 0.5) is 23.9 Å². The number of hydrogen-bond acceptors (Lipinski definition) is 8. The fourth-order valence-corrected chi connectivity index (χ4v) is 6.73. The van der Waals surface area contributed by atoms with Crippen LogP contribution in [0.5, 0.6) is 0 Å². The molecule has 0 spiro atoms. The number of anilines is 1. The Morgan fingerprint density at radius 3 is 2.50 bits per heavy atom. The van der Waals surface area contributed by atoms with Crippen molar-refractivity contribution in [2.45, 2.75) is 110 Å². The van der Waals surface area contributed by atoms with Gasteiger partial charge in [0.1, 0.15) is 23.7 Å². The molecule has 4 aromatic rings. The van der Waals surface area contributed by atoms with Gasteiger partial charge in [-0.1, -0.05) is 36.9 Å². The molecule has 5 rings (SSSR count). The third-order valence-electron chi connectivity index (χ3n) is 8.31. The number of alkyl halides is 3. The van der Waals surface area contributed by atoms with Crippen LogP contribution in [-0.2, 0) is 22.4 Å². The van der Waals surface area contributed by atoms with Gasteiger partial charge in [-0.15, -0.1) is 0 Å². The van der Waals surface area contributed by atoms with Gasteiger partial charge in [-0.05, 0) is 71.6 Å². The predicted molar refractivity (Wildman–Crippen MR) is 181 cm³/mol. The van der Waals surface area contributed by atoms with Crippen molar-refractivity contribution in [3.05, 3.63) is 47.6 Å². The van der Waals surface area contributed by atoms with Gasteiger partial charge in [-0.3, -0.25) is 0 Å². The molecule has 0 aliphatic heterocycles. The van der Waals surface area contributed by atoms with E-state index in [0.717, 1.165) is 29.8 Å². The van der Waals surface area contributed by atoms with E-state index in [0.29, 0.717) is 47.4 Å². The monoisotopic (exact) mass is 686 g/mol. The van der Waals surface area contributed by atoms with Gasteiger partial charge in [0.15, 0.2) is 0 Å². The van der Waals surface area contributed by atoms with Gasteiger partial charge < -0.3 is 29.2 Å². The second-order valence-electron chi connectivity index (χ2n) is 14.7. The molecule has 0 saturated heterocycles. The van der Waals surface area contributed by atoms with Crippen LogP contribution in [0.1, 0.15) is 57.1 Å². The number of carbonyl (C=O) groups is 1. The summed E-state index contributed by atoms with van der Waals surface area (Å²) in [4.78, 5) is 21.0. The molecule has 1 fully saturated rings. The number of fused-ring (bicyclic) bond motifs is 1. The number of rotatable bonds is 10. The van der Waals surface area contributed by atoms with Gasteiger partial charge in [-0.2, -0.15) is 13.2 Å². The third kappa shape index (κ3) is 8.38. The number of alkyl carbamates (subject to hydrolysis) is 1. The molecule has 0 radical (unpaired) electrons. The standard InChI is InChI=1S/C34H45F3N6O4Si/c1-20-29(21(2)47-42-20)22-12-13-23-24(18-43(28(23)16-22)19-45-14-15-48(6,7)8)30-25(34(35,36)37)17-38-31(41-30)39-26-10-9-11-27(26)40-32(44)46-33(3,4)5/h12-13,16-18,26-27H,9-11,14-15,19H2,1-8H3,(H,40,44)(H,38,39,41)/t26-,27?/m0/s1. The molecule has 1 unspecified atom stereocenters. The second-order valence-corrected chi connectivity index (χ2v) is 20.3. The minimum atomic E-state index is -4.71. The number of nitrogens with one attached hydrogen (secondary N) is 2. The third-order valence-corrected chi connectivity index (χ3v) is 10.0. The highest BCUT2D eigenvalue weighted by Crippen LogP contribution is 2.41. The lowest BCUT2D eigenvalue weighted by atomic mass is 10.0. The fraction of sp³-hybridized carbons (Fsp3) is 0.529. The van der Waals surface area contributed by atoms with E-state index >= 15 is 0 Å². The van der Waals surface area contributed by atoms with E-state index in [1.54, 1.807) is 33.0 Å². The first-order valence-corrected chi connectivity index (χ1v) is 19.9. The summed E-state index contributed by atoms with van der Waals surface area (Å²) in [5, 5.41) is 10.7. The molecule has 14 heteroatoms. The molecule has 48 heavy (non-hydrogen) atoms. The Morgan fingerprint density at radius 2 is 1.85 bits per heavy atom. The van der Waals surface area contributed by atoms with Crippen LogP contribution in [-0.4, -0.2) is 58.2 Å². The van der Waals surface area contributed by atoms with E-state index in [2.05, 4.69) is 45.4 Å². The molecule has 3 aromatic heterocycles. The fourth-order valence-electron chi connectivity index (χ4n) is 5.97. The quantitative estimate of drug-likeness (QED) is 0.126. The SMILES string of the molecule is Cc1noc(C)c1-c1ccc2c(-c3nc(N[C@H]4CCCC4NC(=O)OC(C)(C)C)ncc3C(F)(F)F)cn(COCC[Si](C)(C)C)c2c1. The normalized spacial score (nSPS) is 17.2. The zero-order valence-corrected chi connectivity index (χ0v) is 29.8. The maximum absolute atomic E-state index is 14.5. The smallest absolute Gasteiger partial charge is 0.419 e. The lowest BCUT2D eigenvalue weighted by Gasteiger charge is -2.25. The van der Waals surface area contributed by atoms with E-state index in [-0.39, 0.29) is 30.5 Å². The van der Waals surface area contributed by atoms with E-state index in [1.165, 1.54) is 0 Å². The summed E-state index contributed by atoms with van der Waals surface area (Å²) in [7, 11) is -1.36. The molecule has 1 amide bonds. The number of aryl methyl sites for hydroxylation is 2. The van der Waals surface area contributed by atoms with Crippen LogP contribution >= 0.6 is 0 Å². The second kappa shape index (κ2) is 13.5. The highest BCUT2D eigenvalue weighted by Gasteiger charge is 2.37. The molecular weight excluding hydrogens is 641 g/mol. The number of amides is 1. The van der Waals surface area contributed by atoms with Gasteiger partial charge in [0.05, 0.1) is 22.9 Å². The summed E-state index contributed by atoms with van der Waals surface area (Å²) >= 11 is 0. The first kappa shape index (κ1) is 35.4. The van der Waals surface area contributed by atoms with Crippen molar-refractivity contribution in [3.63, 3.8) is 0 Å². The summed E-state index contributed by atoms with van der Waals surface area (Å²) < 4.78 is 62.2. The van der Waals surface area contributed by atoms with Crippen molar-refractivity contribution in [1.82, 2.24) is 25.0 Å². The molecular formula is C34H45F3N6O4Si. The van der Waals surface area contributed by atoms with Crippen LogP contribution in [0, 0.1) is 13.8 Å². The Morgan fingerprint density at radius 1 is 1.12 bits per heavy atom. The summed E-state index contributed by atoms with van der Waals surface area (Å²) in [6, 6.07) is 5.94. The number of carbonyl (C=O) groups excluding carboxylic acids is 1. The Balaban J connectivity index is 1.53. The first-order chi connectivity index (χ1) is 22.4. The van der Waals surface area contributed by atoms with Gasteiger partial charge in [0.25, 0.3) is 0 Å². The van der Waals surface area contributed by atoms with Crippen LogP contribution in [0.15, 0.2) is 35.1 Å². The molecule has 260 valence electrons. The van der Waals surface area contributed by atoms with Gasteiger partial charge >= 0.3 is 12.3 Å². The molecule has 10 nitrogen and oxygen atoms in total. The average Bonchev–Trinajstić information content (AvgIpc) is 3.65. The van der Waals surface area contributed by atoms with Crippen LogP contribution in [0.25, 0.3) is 33.3 Å². The van der Waals surface area contributed by atoms with E-state index < -0.39 is 31.5 Å². The molecule has 1 saturated carbocycles. The van der Waals surface area contributed by atoms with E-state index in [1.807, 2.05) is 30.5 Å². The Kier molecular flexibility index (Phi) is 9.98. The van der Waals surface area contributed by atoms with Crippen molar-refractivity contribution >= 4 is 31.0 Å². The van der Waals surface area contributed by atoms with Crippen molar-refractivity contribution in [3.8, 4) is 22.4 Å². The van der Waals surface area contributed by atoms with E-state index in [9.17, 15) is 18.0 Å². The Bertz CT molecular complexity index is 1750. The largest absolute Gasteiger partial charge is 0.444 e. The summed E-state index contributed by atoms with van der Waals surface area (Å²) in [5.41, 5.74) is 1.52. The Labute approximate surface area is 279 Å². The number of ether oxygens (including phenoxy) is 2. The number of benzene rings is 1.